The SMILES string of the molecule is COc1ccccc1NC(CO)c1ccc(Cl)cc1Br. The van der Waals surface area contributed by atoms with Crippen molar-refractivity contribution >= 4 is 33.2 Å². The van der Waals surface area contributed by atoms with Crippen LogP contribution in [0, 0.1) is 0 Å². The van der Waals surface area contributed by atoms with Crippen LogP contribution in [0.25, 0.3) is 0 Å². The molecular weight excluding hydrogens is 342 g/mol. The van der Waals surface area contributed by atoms with E-state index in [1.54, 1.807) is 13.2 Å². The van der Waals surface area contributed by atoms with Crippen LogP contribution in [0.4, 0.5) is 5.69 Å². The summed E-state index contributed by atoms with van der Waals surface area (Å²) in [6.45, 7) is -0.0434. The van der Waals surface area contributed by atoms with E-state index < -0.39 is 0 Å². The Morgan fingerprint density at radius 1 is 1.30 bits per heavy atom. The molecule has 106 valence electrons. The molecule has 0 saturated heterocycles. The molecule has 0 saturated carbocycles. The first-order valence-electron chi connectivity index (χ1n) is 6.11. The van der Waals surface area contributed by atoms with Crippen molar-refractivity contribution < 1.29 is 9.84 Å². The Morgan fingerprint density at radius 2 is 2.05 bits per heavy atom. The van der Waals surface area contributed by atoms with Gasteiger partial charge in [0.15, 0.2) is 0 Å². The van der Waals surface area contributed by atoms with Gasteiger partial charge in [-0.25, -0.2) is 0 Å². The lowest BCUT2D eigenvalue weighted by Crippen LogP contribution is -2.15. The predicted molar refractivity (Wildman–Crippen MR) is 85.6 cm³/mol. The number of hydrogen-bond donors (Lipinski definition) is 2. The third-order valence-corrected chi connectivity index (χ3v) is 3.88. The summed E-state index contributed by atoms with van der Waals surface area (Å²) in [6, 6.07) is 12.8. The number of rotatable bonds is 5. The van der Waals surface area contributed by atoms with Crippen LogP contribution >= 0.6 is 27.5 Å². The average Bonchev–Trinajstić information content (AvgIpc) is 2.46. The first-order chi connectivity index (χ1) is 9.65. The Bertz CT molecular complexity index is 592. The van der Waals surface area contributed by atoms with Crippen LogP contribution in [0.2, 0.25) is 5.02 Å². The van der Waals surface area contributed by atoms with Crippen molar-refractivity contribution in [2.24, 2.45) is 0 Å². The van der Waals surface area contributed by atoms with Gasteiger partial charge in [0, 0.05) is 9.50 Å². The monoisotopic (exact) mass is 355 g/mol. The molecule has 0 aromatic heterocycles. The van der Waals surface area contributed by atoms with Crippen molar-refractivity contribution in [3.8, 4) is 5.75 Å². The lowest BCUT2D eigenvalue weighted by molar-refractivity contribution is 0.275. The van der Waals surface area contributed by atoms with E-state index in [9.17, 15) is 5.11 Å². The fourth-order valence-corrected chi connectivity index (χ4v) is 2.92. The number of para-hydroxylation sites is 2. The number of nitrogens with one attached hydrogen (secondary N) is 1. The highest BCUT2D eigenvalue weighted by molar-refractivity contribution is 9.10. The van der Waals surface area contributed by atoms with Crippen molar-refractivity contribution in [1.82, 2.24) is 0 Å². The second-order valence-electron chi connectivity index (χ2n) is 4.25. The number of hydrogen-bond acceptors (Lipinski definition) is 3. The number of methoxy groups -OCH3 is 1. The van der Waals surface area contributed by atoms with E-state index in [1.165, 1.54) is 0 Å². The number of benzene rings is 2. The van der Waals surface area contributed by atoms with Gasteiger partial charge in [0.05, 0.1) is 25.4 Å². The normalized spacial score (nSPS) is 12.0. The molecule has 0 aliphatic carbocycles. The van der Waals surface area contributed by atoms with Gasteiger partial charge in [-0.1, -0.05) is 45.7 Å². The van der Waals surface area contributed by atoms with Gasteiger partial charge in [-0.2, -0.15) is 0 Å². The zero-order chi connectivity index (χ0) is 14.5. The summed E-state index contributed by atoms with van der Waals surface area (Å²) in [4.78, 5) is 0. The molecule has 20 heavy (non-hydrogen) atoms. The Kier molecular flexibility index (Phi) is 5.29. The third kappa shape index (κ3) is 3.45. The summed E-state index contributed by atoms with van der Waals surface area (Å²) in [7, 11) is 1.62. The van der Waals surface area contributed by atoms with Crippen molar-refractivity contribution in [1.29, 1.82) is 0 Å². The fourth-order valence-electron chi connectivity index (χ4n) is 1.96. The van der Waals surface area contributed by atoms with Gasteiger partial charge in [-0.05, 0) is 29.8 Å². The molecule has 0 aliphatic heterocycles. The lowest BCUT2D eigenvalue weighted by Gasteiger charge is -2.21. The summed E-state index contributed by atoms with van der Waals surface area (Å²) >= 11 is 9.41. The molecule has 2 N–H and O–H groups in total. The molecule has 1 unspecified atom stereocenters. The molecular formula is C15H15BrClNO2. The molecule has 0 bridgehead atoms. The van der Waals surface area contributed by atoms with Crippen molar-refractivity contribution in [2.75, 3.05) is 19.0 Å². The molecule has 0 amide bonds. The van der Waals surface area contributed by atoms with E-state index in [0.29, 0.717) is 5.02 Å². The molecule has 5 heteroatoms. The van der Waals surface area contributed by atoms with Gasteiger partial charge in [0.2, 0.25) is 0 Å². The zero-order valence-corrected chi connectivity index (χ0v) is 13.3. The highest BCUT2D eigenvalue weighted by Gasteiger charge is 2.15. The molecule has 0 radical (unpaired) electrons. The lowest BCUT2D eigenvalue weighted by atomic mass is 10.1. The summed E-state index contributed by atoms with van der Waals surface area (Å²) < 4.78 is 6.15. The molecule has 1 atom stereocenters. The second-order valence-corrected chi connectivity index (χ2v) is 5.54. The Labute approximate surface area is 131 Å². The number of aliphatic hydroxyl groups excluding tert-OH is 1. The smallest absolute Gasteiger partial charge is 0.141 e. The fraction of sp³-hybridized carbons (Fsp3) is 0.200. The number of ether oxygens (including phenoxy) is 1. The third-order valence-electron chi connectivity index (χ3n) is 2.96. The van der Waals surface area contributed by atoms with Crippen LogP contribution in [0.15, 0.2) is 46.9 Å². The topological polar surface area (TPSA) is 41.5 Å². The molecule has 0 aliphatic rings. The molecule has 2 rings (SSSR count). The van der Waals surface area contributed by atoms with Crippen LogP contribution in [0.1, 0.15) is 11.6 Å². The molecule has 0 spiro atoms. The Balaban J connectivity index is 2.29. The molecule has 0 heterocycles. The highest BCUT2D eigenvalue weighted by Crippen LogP contribution is 2.31. The molecule has 0 fully saturated rings. The minimum atomic E-state index is -0.252. The van der Waals surface area contributed by atoms with Gasteiger partial charge >= 0.3 is 0 Å². The number of anilines is 1. The second kappa shape index (κ2) is 6.97. The maximum Gasteiger partial charge on any atom is 0.141 e. The van der Waals surface area contributed by atoms with Gasteiger partial charge in [0.25, 0.3) is 0 Å². The van der Waals surface area contributed by atoms with Crippen LogP contribution in [-0.2, 0) is 0 Å². The largest absolute Gasteiger partial charge is 0.495 e. The quantitative estimate of drug-likeness (QED) is 0.841. The maximum atomic E-state index is 9.64. The molecule has 2 aromatic rings. The van der Waals surface area contributed by atoms with E-state index in [2.05, 4.69) is 21.2 Å². The summed E-state index contributed by atoms with van der Waals surface area (Å²) in [5, 5.41) is 13.6. The van der Waals surface area contributed by atoms with Gasteiger partial charge in [-0.3, -0.25) is 0 Å². The van der Waals surface area contributed by atoms with E-state index in [0.717, 1.165) is 21.5 Å². The Hall–Kier alpha value is -1.23. The zero-order valence-electron chi connectivity index (χ0n) is 10.9. The highest BCUT2D eigenvalue weighted by atomic mass is 79.9. The van der Waals surface area contributed by atoms with Crippen molar-refractivity contribution in [2.45, 2.75) is 6.04 Å². The van der Waals surface area contributed by atoms with Gasteiger partial charge < -0.3 is 15.2 Å². The average molecular weight is 357 g/mol. The summed E-state index contributed by atoms with van der Waals surface area (Å²) in [5.41, 5.74) is 1.76. The minimum absolute atomic E-state index is 0.0434. The van der Waals surface area contributed by atoms with Crippen LogP contribution in [0.5, 0.6) is 5.75 Å². The standard InChI is InChI=1S/C15H15BrClNO2/c1-20-15-5-3-2-4-13(15)18-14(9-19)11-7-6-10(17)8-12(11)16/h2-8,14,18-19H,9H2,1H3. The van der Waals surface area contributed by atoms with Crippen LogP contribution in [0.3, 0.4) is 0 Å². The maximum absolute atomic E-state index is 9.64. The predicted octanol–water partition coefficient (Wildman–Crippen LogP) is 4.26. The minimum Gasteiger partial charge on any atom is -0.495 e. The van der Waals surface area contributed by atoms with Crippen LogP contribution in [-0.4, -0.2) is 18.8 Å². The van der Waals surface area contributed by atoms with E-state index in [-0.39, 0.29) is 12.6 Å². The summed E-state index contributed by atoms with van der Waals surface area (Å²) in [6.07, 6.45) is 0. The first-order valence-corrected chi connectivity index (χ1v) is 7.28. The van der Waals surface area contributed by atoms with Crippen molar-refractivity contribution in [3.05, 3.63) is 57.5 Å². The first kappa shape index (κ1) is 15.2. The molecule has 2 aromatic carbocycles. The summed E-state index contributed by atoms with van der Waals surface area (Å²) in [5.74, 6) is 0.732. The Morgan fingerprint density at radius 3 is 2.70 bits per heavy atom. The van der Waals surface area contributed by atoms with Crippen molar-refractivity contribution in [3.63, 3.8) is 0 Å². The number of aliphatic hydroxyl groups is 1. The van der Waals surface area contributed by atoms with Crippen LogP contribution < -0.4 is 10.1 Å². The van der Waals surface area contributed by atoms with Gasteiger partial charge in [0.1, 0.15) is 5.75 Å². The van der Waals surface area contributed by atoms with E-state index in [1.807, 2.05) is 36.4 Å². The number of halogens is 2. The van der Waals surface area contributed by atoms with Gasteiger partial charge in [-0.15, -0.1) is 0 Å². The van der Waals surface area contributed by atoms with E-state index in [4.69, 9.17) is 16.3 Å². The van der Waals surface area contributed by atoms with E-state index >= 15 is 0 Å². The molecule has 3 nitrogen and oxygen atoms in total.